The molecule has 1 saturated heterocycles. The number of rotatable bonds is 50. The molecule has 8 atom stereocenters. The van der Waals surface area contributed by atoms with Crippen LogP contribution in [0.2, 0.25) is 0 Å². The summed E-state index contributed by atoms with van der Waals surface area (Å²) in [4.78, 5) is 62.2. The molecule has 0 spiro atoms. The number of nitrogen functional groups attached to an aromatic ring is 1. The summed E-state index contributed by atoms with van der Waals surface area (Å²) in [5, 5.41) is 21.0. The highest BCUT2D eigenvalue weighted by molar-refractivity contribution is 7.61. The first-order valence-electron chi connectivity index (χ1n) is 29.8. The molecule has 2 heterocycles. The zero-order valence-corrected chi connectivity index (χ0v) is 49.2. The molecule has 0 bridgehead atoms. The molecule has 76 heavy (non-hydrogen) atoms. The minimum absolute atomic E-state index is 0.0573. The van der Waals surface area contributed by atoms with Crippen molar-refractivity contribution in [3.05, 3.63) is 22.7 Å². The second-order valence-corrected chi connectivity index (χ2v) is 25.0. The van der Waals surface area contributed by atoms with Gasteiger partial charge in [-0.05, 0) is 30.7 Å². The maximum absolute atomic E-state index is 12.9. The van der Waals surface area contributed by atoms with Gasteiger partial charge < -0.3 is 39.9 Å². The van der Waals surface area contributed by atoms with Gasteiger partial charge in [-0.2, -0.15) is 9.29 Å². The quantitative estimate of drug-likeness (QED) is 0.0231. The first-order chi connectivity index (χ1) is 36.4. The molecule has 6 N–H and O–H groups in total. The number of nitrogens with zero attached hydrogens (tertiary/aromatic N) is 2. The van der Waals surface area contributed by atoms with Gasteiger partial charge in [-0.1, -0.05) is 233 Å². The molecular weight excluding hydrogens is 1020 g/mol. The number of anilines is 1. The smallest absolute Gasteiger partial charge is 0.462 e. The van der Waals surface area contributed by atoms with E-state index in [1.165, 1.54) is 173 Å². The largest absolute Gasteiger partial charge is 0.481 e. The molecule has 1 fully saturated rings. The molecule has 0 aromatic carbocycles. The van der Waals surface area contributed by atoms with Gasteiger partial charge in [0.05, 0.1) is 13.2 Å². The third-order valence-corrected chi connectivity index (χ3v) is 17.0. The van der Waals surface area contributed by atoms with Crippen molar-refractivity contribution < 1.29 is 66.3 Å². The molecule has 4 unspecified atom stereocenters. The summed E-state index contributed by atoms with van der Waals surface area (Å²) < 4.78 is 57.1. The zero-order valence-electron chi connectivity index (χ0n) is 47.4. The summed E-state index contributed by atoms with van der Waals surface area (Å²) in [5.41, 5.74) is 4.61. The molecule has 0 aliphatic carbocycles. The third kappa shape index (κ3) is 35.4. The van der Waals surface area contributed by atoms with Gasteiger partial charge in [-0.25, -0.2) is 13.9 Å². The Morgan fingerprint density at radius 1 is 0.632 bits per heavy atom. The Morgan fingerprint density at radius 3 is 1.50 bits per heavy atom. The minimum atomic E-state index is -5.42. The van der Waals surface area contributed by atoms with Gasteiger partial charge in [-0.3, -0.25) is 23.2 Å². The highest BCUT2D eigenvalue weighted by atomic mass is 31.3. The number of hydrogen-bond acceptors (Lipinski definition) is 15. The first-order valence-corrected chi connectivity index (χ1v) is 32.8. The number of unbranched alkanes of at least 4 members (excludes halogenated alkanes) is 29. The predicted molar refractivity (Wildman–Crippen MR) is 298 cm³/mol. The average Bonchev–Trinajstić information content (AvgIpc) is 3.65. The van der Waals surface area contributed by atoms with Crippen LogP contribution in [0, 0.1) is 11.8 Å². The van der Waals surface area contributed by atoms with Gasteiger partial charge in [0.2, 0.25) is 0 Å². The Balaban J connectivity index is 1.72. The SMILES string of the molecule is CCC(C)CCCCCCCCCCCCCCCCCCCCC(=O)OC[C@H](COP(=O)(O)OP(=O)(O)OC[C@H]1O[C@@H](n2ccc(N)nc2=O)C(O)[C@H]1O)OC(=O)CCCCCCCCCCCCCCCC(C)C. The molecule has 1 aromatic heterocycles. The second kappa shape index (κ2) is 42.6. The standard InChI is InChI=1S/C56H105N3O15P2/c1-5-47(4)38-34-30-26-22-18-14-10-8-6-7-9-11-15-19-23-27-31-35-39-51(60)69-43-48(72-52(61)40-36-32-28-24-20-16-12-13-17-21-25-29-33-37-46(2)3)44-70-75(65,66)74-76(67,68)71-45-49-53(62)54(63)55(73-49)59-42-41-50(57)58-56(59)64/h41-42,46-49,53-55,62-63H,5-40,43-45H2,1-4H3,(H,65,66)(H,67,68)(H2,57,58,64)/t47?,48-,49-,53+,54?,55-/m1/s1. The van der Waals surface area contributed by atoms with Crippen LogP contribution in [0.3, 0.4) is 0 Å². The Bertz CT molecular complexity index is 1810. The molecular formula is C56H105N3O15P2. The molecule has 1 aliphatic heterocycles. The lowest BCUT2D eigenvalue weighted by Crippen LogP contribution is -2.36. The summed E-state index contributed by atoms with van der Waals surface area (Å²) in [6.07, 6.45) is 34.6. The van der Waals surface area contributed by atoms with Crippen LogP contribution in [-0.4, -0.2) is 85.7 Å². The van der Waals surface area contributed by atoms with E-state index in [1.807, 2.05) is 0 Å². The van der Waals surface area contributed by atoms with Crippen molar-refractivity contribution in [2.75, 3.05) is 25.6 Å². The van der Waals surface area contributed by atoms with E-state index < -0.39 is 83.7 Å². The topological polar surface area (TPSA) is 265 Å². The van der Waals surface area contributed by atoms with E-state index in [1.54, 1.807) is 0 Å². The number of aromatic nitrogens is 2. The fourth-order valence-electron chi connectivity index (χ4n) is 9.42. The Hall–Kier alpha value is -2.24. The van der Waals surface area contributed by atoms with E-state index in [0.29, 0.717) is 12.8 Å². The number of phosphoric ester groups is 2. The Kier molecular flexibility index (Phi) is 39.2. The monoisotopic (exact) mass is 1120 g/mol. The molecule has 20 heteroatoms. The summed E-state index contributed by atoms with van der Waals surface area (Å²) in [6, 6.07) is 1.25. The zero-order chi connectivity index (χ0) is 55.9. The highest BCUT2D eigenvalue weighted by Gasteiger charge is 2.46. The van der Waals surface area contributed by atoms with Crippen LogP contribution in [0.4, 0.5) is 5.82 Å². The van der Waals surface area contributed by atoms with Crippen molar-refractivity contribution in [3.8, 4) is 0 Å². The van der Waals surface area contributed by atoms with Crippen molar-refractivity contribution in [3.63, 3.8) is 0 Å². The van der Waals surface area contributed by atoms with Gasteiger partial charge >= 0.3 is 33.3 Å². The number of phosphoric acid groups is 2. The van der Waals surface area contributed by atoms with Crippen LogP contribution < -0.4 is 11.4 Å². The normalized spacial score (nSPS) is 19.1. The van der Waals surface area contributed by atoms with E-state index in [9.17, 15) is 43.5 Å². The Labute approximate surface area is 457 Å². The van der Waals surface area contributed by atoms with Crippen LogP contribution in [0.5, 0.6) is 0 Å². The van der Waals surface area contributed by atoms with Crippen LogP contribution in [0.25, 0.3) is 0 Å². The van der Waals surface area contributed by atoms with Crippen molar-refractivity contribution in [2.24, 2.45) is 11.8 Å². The second-order valence-electron chi connectivity index (χ2n) is 21.9. The van der Waals surface area contributed by atoms with Crippen LogP contribution in [-0.2, 0) is 46.3 Å². The number of nitrogens with two attached hydrogens (primary N) is 1. The number of carbonyl (C=O) groups excluding carboxylic acids is 2. The number of aliphatic hydroxyl groups is 2. The van der Waals surface area contributed by atoms with Crippen molar-refractivity contribution in [1.82, 2.24) is 9.55 Å². The van der Waals surface area contributed by atoms with Gasteiger partial charge in [0.15, 0.2) is 12.3 Å². The number of carbonyl (C=O) groups is 2. The lowest BCUT2D eigenvalue weighted by atomic mass is 9.99. The maximum Gasteiger partial charge on any atom is 0.481 e. The Morgan fingerprint density at radius 2 is 1.05 bits per heavy atom. The van der Waals surface area contributed by atoms with E-state index in [2.05, 4.69) is 37.0 Å². The summed E-state index contributed by atoms with van der Waals surface area (Å²) in [5.74, 6) is 0.388. The first kappa shape index (κ1) is 69.9. The molecule has 1 aromatic rings. The van der Waals surface area contributed by atoms with Crippen LogP contribution >= 0.6 is 15.6 Å². The molecule has 0 saturated carbocycles. The van der Waals surface area contributed by atoms with Crippen molar-refractivity contribution in [2.45, 2.75) is 289 Å². The van der Waals surface area contributed by atoms with E-state index in [0.717, 1.165) is 61.3 Å². The van der Waals surface area contributed by atoms with E-state index in [4.69, 9.17) is 29.0 Å². The predicted octanol–water partition coefficient (Wildman–Crippen LogP) is 13.5. The van der Waals surface area contributed by atoms with Gasteiger partial charge in [0, 0.05) is 19.0 Å². The fourth-order valence-corrected chi connectivity index (χ4v) is 11.5. The van der Waals surface area contributed by atoms with E-state index in [-0.39, 0.29) is 18.7 Å². The third-order valence-electron chi connectivity index (χ3n) is 14.4. The van der Waals surface area contributed by atoms with Gasteiger partial charge in [-0.15, -0.1) is 0 Å². The lowest BCUT2D eigenvalue weighted by molar-refractivity contribution is -0.161. The molecule has 18 nitrogen and oxygen atoms in total. The minimum Gasteiger partial charge on any atom is -0.462 e. The number of esters is 2. The summed E-state index contributed by atoms with van der Waals surface area (Å²) >= 11 is 0. The van der Waals surface area contributed by atoms with Crippen molar-refractivity contribution in [1.29, 1.82) is 0 Å². The highest BCUT2D eigenvalue weighted by Crippen LogP contribution is 2.60. The van der Waals surface area contributed by atoms with Crippen LogP contribution in [0.15, 0.2) is 17.1 Å². The molecule has 1 aliphatic rings. The average molecular weight is 1120 g/mol. The molecule has 0 amide bonds. The summed E-state index contributed by atoms with van der Waals surface area (Å²) in [6.45, 7) is 6.92. The van der Waals surface area contributed by atoms with Gasteiger partial charge in [0.1, 0.15) is 30.7 Å². The number of hydrogen-bond donors (Lipinski definition) is 5. The van der Waals surface area contributed by atoms with E-state index >= 15 is 0 Å². The number of aliphatic hydroxyl groups excluding tert-OH is 2. The molecule has 444 valence electrons. The van der Waals surface area contributed by atoms with Gasteiger partial charge in [0.25, 0.3) is 0 Å². The van der Waals surface area contributed by atoms with Crippen LogP contribution in [0.1, 0.15) is 265 Å². The lowest BCUT2D eigenvalue weighted by Gasteiger charge is -2.21. The number of ether oxygens (including phenoxy) is 3. The van der Waals surface area contributed by atoms with Crippen molar-refractivity contribution >= 4 is 33.4 Å². The molecule has 2 rings (SSSR count). The fraction of sp³-hybridized carbons (Fsp3) is 0.893. The summed E-state index contributed by atoms with van der Waals surface area (Å²) in [7, 11) is -10.8. The molecule has 0 radical (unpaired) electrons. The maximum atomic E-state index is 12.9.